The first-order valence-corrected chi connectivity index (χ1v) is 10.2. The van der Waals surface area contributed by atoms with Gasteiger partial charge in [0.1, 0.15) is 0 Å². The van der Waals surface area contributed by atoms with Gasteiger partial charge < -0.3 is 19.8 Å². The molecule has 10 nitrogen and oxygen atoms in total. The van der Waals surface area contributed by atoms with Crippen molar-refractivity contribution in [3.8, 4) is 0 Å². The second-order valence-corrected chi connectivity index (χ2v) is 7.19. The van der Waals surface area contributed by atoms with Gasteiger partial charge in [-0.15, -0.1) is 0 Å². The molecule has 5 rings (SSSR count). The van der Waals surface area contributed by atoms with Gasteiger partial charge in [0.15, 0.2) is 0 Å². The molecule has 34 heavy (non-hydrogen) atoms. The molecule has 0 saturated carbocycles. The first kappa shape index (κ1) is 20.8. The van der Waals surface area contributed by atoms with Crippen LogP contribution in [0.4, 0.5) is 11.4 Å². The molecule has 10 heteroatoms. The first-order valence-electron chi connectivity index (χ1n) is 10.2. The van der Waals surface area contributed by atoms with Crippen molar-refractivity contribution in [2.75, 3.05) is 10.6 Å². The van der Waals surface area contributed by atoms with Gasteiger partial charge in [-0.1, -0.05) is 25.3 Å². The van der Waals surface area contributed by atoms with Crippen LogP contribution < -0.4 is 10.6 Å². The van der Waals surface area contributed by atoms with Gasteiger partial charge in [-0.05, 0) is 24.3 Å². The number of fused-ring (bicyclic) bond motifs is 2. The Labute approximate surface area is 193 Å². The maximum atomic E-state index is 12.9. The van der Waals surface area contributed by atoms with Crippen LogP contribution in [0.15, 0.2) is 74.3 Å². The average Bonchev–Trinajstić information content (AvgIpc) is 3.52. The molecule has 166 valence electrons. The number of hydrogen-bond donors (Lipinski definition) is 2. The zero-order valence-corrected chi connectivity index (χ0v) is 17.8. The van der Waals surface area contributed by atoms with E-state index >= 15 is 0 Å². The third-order valence-corrected chi connectivity index (χ3v) is 5.11. The first-order chi connectivity index (χ1) is 16.6. The number of carbonyl (C=O) groups is 2. The lowest BCUT2D eigenvalue weighted by Gasteiger charge is -2.14. The molecule has 3 aromatic heterocycles. The fraction of sp³-hybridized carbons (Fsp3) is 0. The number of carbonyl (C=O) groups excluding carboxylic acids is 2. The molecular formula is C24H18N8O2. The zero-order chi connectivity index (χ0) is 23.7. The van der Waals surface area contributed by atoms with E-state index in [1.807, 2.05) is 24.3 Å². The number of para-hydroxylation sites is 2. The third kappa shape index (κ3) is 3.69. The second kappa shape index (κ2) is 8.43. The van der Waals surface area contributed by atoms with Crippen molar-refractivity contribution in [3.05, 3.63) is 86.0 Å². The van der Waals surface area contributed by atoms with Crippen molar-refractivity contribution in [3.63, 3.8) is 0 Å². The molecule has 2 N–H and O–H groups in total. The van der Waals surface area contributed by atoms with Gasteiger partial charge in [-0.25, -0.2) is 19.9 Å². The molecule has 0 aliphatic heterocycles. The largest absolute Gasteiger partial charge is 0.317 e. The minimum absolute atomic E-state index is 0.138. The fourth-order valence-corrected chi connectivity index (χ4v) is 3.50. The van der Waals surface area contributed by atoms with E-state index in [4.69, 9.17) is 0 Å². The van der Waals surface area contributed by atoms with Crippen molar-refractivity contribution in [2.45, 2.75) is 0 Å². The molecular weight excluding hydrogens is 432 g/mol. The maximum Gasteiger partial charge on any atom is 0.292 e. The Morgan fingerprint density at radius 1 is 0.735 bits per heavy atom. The van der Waals surface area contributed by atoms with Crippen LogP contribution in [0.3, 0.4) is 0 Å². The van der Waals surface area contributed by atoms with Gasteiger partial charge >= 0.3 is 0 Å². The fourth-order valence-electron chi connectivity index (χ4n) is 3.50. The quantitative estimate of drug-likeness (QED) is 0.379. The second-order valence-electron chi connectivity index (χ2n) is 7.19. The Morgan fingerprint density at radius 3 is 1.59 bits per heavy atom. The Kier molecular flexibility index (Phi) is 5.15. The number of aromatic nitrogens is 6. The Morgan fingerprint density at radius 2 is 1.18 bits per heavy atom. The normalized spacial score (nSPS) is 10.8. The minimum Gasteiger partial charge on any atom is -0.317 e. The molecule has 2 amide bonds. The summed E-state index contributed by atoms with van der Waals surface area (Å²) in [7, 11) is 0. The van der Waals surface area contributed by atoms with E-state index in [1.54, 1.807) is 24.5 Å². The summed E-state index contributed by atoms with van der Waals surface area (Å²) >= 11 is 0. The standard InChI is InChI=1S/C24H18N8O2/c1-3-31-11-9-25-21(31)23(33)29-19-13-17-18(28-16-8-6-5-7-15(16)27-17)14-20(19)30-24(34)22-26-10-12-32(22)4-2/h3-14H,1-2H2,(H,29,33)(H,30,34). The van der Waals surface area contributed by atoms with Crippen LogP contribution in [0.25, 0.3) is 34.5 Å². The number of rotatable bonds is 6. The summed E-state index contributed by atoms with van der Waals surface area (Å²) in [6.45, 7) is 7.35. The Balaban J connectivity index is 1.60. The molecule has 2 aromatic carbocycles. The van der Waals surface area contributed by atoms with Gasteiger partial charge in [-0.3, -0.25) is 9.59 Å². The minimum atomic E-state index is -0.485. The summed E-state index contributed by atoms with van der Waals surface area (Å²) in [5.74, 6) is -0.694. The molecule has 0 bridgehead atoms. The number of benzene rings is 2. The highest BCUT2D eigenvalue weighted by Crippen LogP contribution is 2.29. The zero-order valence-electron chi connectivity index (χ0n) is 17.8. The van der Waals surface area contributed by atoms with Crippen molar-refractivity contribution in [2.24, 2.45) is 0 Å². The highest BCUT2D eigenvalue weighted by atomic mass is 16.2. The molecule has 3 heterocycles. The third-order valence-electron chi connectivity index (χ3n) is 5.11. The van der Waals surface area contributed by atoms with Crippen LogP contribution in [0.2, 0.25) is 0 Å². The predicted molar refractivity (Wildman–Crippen MR) is 130 cm³/mol. The van der Waals surface area contributed by atoms with E-state index in [1.165, 1.54) is 33.9 Å². The molecule has 0 aliphatic rings. The SMILES string of the molecule is C=Cn1ccnc1C(=O)Nc1cc2nc3ccccc3nc2cc1NC(=O)c1nccn1C=C. The molecule has 0 saturated heterocycles. The predicted octanol–water partition coefficient (Wildman–Crippen LogP) is 3.88. The molecule has 0 aliphatic carbocycles. The van der Waals surface area contributed by atoms with Crippen molar-refractivity contribution < 1.29 is 9.59 Å². The van der Waals surface area contributed by atoms with Crippen molar-refractivity contribution in [1.29, 1.82) is 0 Å². The number of nitrogens with zero attached hydrogens (tertiary/aromatic N) is 6. The van der Waals surface area contributed by atoms with E-state index in [0.717, 1.165) is 0 Å². The highest BCUT2D eigenvalue weighted by molar-refractivity contribution is 6.10. The molecule has 0 radical (unpaired) electrons. The smallest absolute Gasteiger partial charge is 0.292 e. The lowest BCUT2D eigenvalue weighted by Crippen LogP contribution is -2.20. The van der Waals surface area contributed by atoms with E-state index in [9.17, 15) is 9.59 Å². The number of hydrogen-bond acceptors (Lipinski definition) is 6. The van der Waals surface area contributed by atoms with Crippen LogP contribution in [0.5, 0.6) is 0 Å². The summed E-state index contributed by atoms with van der Waals surface area (Å²) in [6.07, 6.45) is 9.14. The van der Waals surface area contributed by atoms with Crippen LogP contribution in [-0.2, 0) is 0 Å². The lowest BCUT2D eigenvalue weighted by atomic mass is 10.2. The van der Waals surface area contributed by atoms with Crippen LogP contribution in [0, 0.1) is 0 Å². The highest BCUT2D eigenvalue weighted by Gasteiger charge is 2.19. The molecule has 0 atom stereocenters. The van der Waals surface area contributed by atoms with Gasteiger partial charge in [-0.2, -0.15) is 0 Å². The topological polar surface area (TPSA) is 120 Å². The summed E-state index contributed by atoms with van der Waals surface area (Å²) in [4.78, 5) is 43.4. The van der Waals surface area contributed by atoms with Gasteiger partial charge in [0.25, 0.3) is 11.8 Å². The van der Waals surface area contributed by atoms with Crippen LogP contribution in [-0.4, -0.2) is 40.9 Å². The Hall–Kier alpha value is -5.12. The summed E-state index contributed by atoms with van der Waals surface area (Å²) in [6, 6.07) is 10.8. The Bertz CT molecular complexity index is 1480. The van der Waals surface area contributed by atoms with E-state index in [2.05, 4.69) is 43.7 Å². The molecule has 5 aromatic rings. The average molecular weight is 450 g/mol. The summed E-state index contributed by atoms with van der Waals surface area (Å²) in [5, 5.41) is 5.61. The van der Waals surface area contributed by atoms with E-state index in [-0.39, 0.29) is 11.6 Å². The molecule has 0 unspecified atom stereocenters. The molecule has 0 fully saturated rings. The van der Waals surface area contributed by atoms with Gasteiger partial charge in [0, 0.05) is 37.2 Å². The van der Waals surface area contributed by atoms with Crippen LogP contribution in [0.1, 0.15) is 21.2 Å². The van der Waals surface area contributed by atoms with Gasteiger partial charge in [0.2, 0.25) is 11.6 Å². The number of nitrogens with one attached hydrogen (secondary N) is 2. The summed E-state index contributed by atoms with van der Waals surface area (Å²) in [5.41, 5.74) is 3.16. The van der Waals surface area contributed by atoms with E-state index in [0.29, 0.717) is 33.4 Å². The van der Waals surface area contributed by atoms with Gasteiger partial charge in [0.05, 0.1) is 33.4 Å². The van der Waals surface area contributed by atoms with Crippen LogP contribution >= 0.6 is 0 Å². The van der Waals surface area contributed by atoms with Crippen molar-refractivity contribution >= 4 is 57.7 Å². The summed E-state index contributed by atoms with van der Waals surface area (Å²) < 4.78 is 2.98. The van der Waals surface area contributed by atoms with E-state index < -0.39 is 11.8 Å². The molecule has 0 spiro atoms. The lowest BCUT2D eigenvalue weighted by molar-refractivity contribution is 0.100. The van der Waals surface area contributed by atoms with Crippen molar-refractivity contribution in [1.82, 2.24) is 29.1 Å². The monoisotopic (exact) mass is 450 g/mol. The number of imidazole rings is 2. The number of amides is 2. The maximum absolute atomic E-state index is 12.9. The number of anilines is 2.